The van der Waals surface area contributed by atoms with E-state index in [0.717, 1.165) is 12.8 Å². The fraction of sp³-hybridized carbons (Fsp3) is 0.200. The molecule has 0 unspecified atom stereocenters. The Hall–Kier alpha value is -1.86. The van der Waals surface area contributed by atoms with Crippen LogP contribution in [0.15, 0.2) is 60.7 Å². The van der Waals surface area contributed by atoms with Gasteiger partial charge in [-0.1, -0.05) is 74.5 Å². The van der Waals surface area contributed by atoms with Gasteiger partial charge in [0.05, 0.1) is 0 Å². The highest BCUT2D eigenvalue weighted by molar-refractivity contribution is 7.16. The van der Waals surface area contributed by atoms with Crippen molar-refractivity contribution in [3.8, 4) is 21.6 Å². The Kier molecular flexibility index (Phi) is 4.21. The lowest BCUT2D eigenvalue weighted by Gasteiger charge is -2.08. The van der Waals surface area contributed by atoms with Gasteiger partial charge >= 0.3 is 0 Å². The maximum absolute atomic E-state index is 2.27. The van der Waals surface area contributed by atoms with E-state index in [1.165, 1.54) is 32.0 Å². The van der Waals surface area contributed by atoms with Gasteiger partial charge < -0.3 is 0 Å². The zero-order chi connectivity index (χ0) is 14.7. The van der Waals surface area contributed by atoms with E-state index in [2.05, 4.69) is 74.5 Å². The zero-order valence-corrected chi connectivity index (χ0v) is 13.4. The first-order chi connectivity index (χ1) is 10.3. The average Bonchev–Trinajstić information content (AvgIpc) is 2.95. The maximum atomic E-state index is 2.27. The molecule has 0 N–H and O–H groups in total. The average molecular weight is 292 g/mol. The van der Waals surface area contributed by atoms with Crippen molar-refractivity contribution in [3.63, 3.8) is 0 Å². The smallest absolute Gasteiger partial charge is 0.0426 e. The van der Waals surface area contributed by atoms with E-state index < -0.39 is 0 Å². The van der Waals surface area contributed by atoms with Crippen LogP contribution in [0.4, 0.5) is 0 Å². The highest BCUT2D eigenvalue weighted by Crippen LogP contribution is 2.43. The second kappa shape index (κ2) is 6.28. The van der Waals surface area contributed by atoms with Crippen LogP contribution in [0.3, 0.4) is 0 Å². The Morgan fingerprint density at radius 1 is 0.714 bits per heavy atom. The van der Waals surface area contributed by atoms with E-state index in [0.29, 0.717) is 0 Å². The quantitative estimate of drug-likeness (QED) is 0.536. The Labute approximate surface area is 131 Å². The first kappa shape index (κ1) is 14.1. The largest absolute Gasteiger partial charge is 0.139 e. The van der Waals surface area contributed by atoms with Crippen molar-refractivity contribution in [1.82, 2.24) is 0 Å². The number of hydrogen-bond donors (Lipinski definition) is 0. The standard InChI is InChI=1S/C20H20S/c1-3-17-18(4-2)21-20(16-13-9-6-10-14-16)19(17)15-11-7-5-8-12-15/h5-14H,3-4H2,1-2H3. The summed E-state index contributed by atoms with van der Waals surface area (Å²) < 4.78 is 0. The van der Waals surface area contributed by atoms with Crippen LogP contribution in [0.1, 0.15) is 24.3 Å². The van der Waals surface area contributed by atoms with E-state index >= 15 is 0 Å². The molecule has 0 aliphatic carbocycles. The summed E-state index contributed by atoms with van der Waals surface area (Å²) in [6.45, 7) is 4.52. The molecular weight excluding hydrogens is 272 g/mol. The highest BCUT2D eigenvalue weighted by atomic mass is 32.1. The van der Waals surface area contributed by atoms with Gasteiger partial charge in [0, 0.05) is 15.3 Å². The van der Waals surface area contributed by atoms with Gasteiger partial charge in [-0.2, -0.15) is 0 Å². The molecule has 0 aliphatic heterocycles. The van der Waals surface area contributed by atoms with Gasteiger partial charge in [-0.15, -0.1) is 11.3 Å². The molecule has 1 heteroatoms. The number of hydrogen-bond acceptors (Lipinski definition) is 1. The normalized spacial score (nSPS) is 10.8. The number of rotatable bonds is 4. The second-order valence-electron chi connectivity index (χ2n) is 5.15. The number of thiophene rings is 1. The minimum Gasteiger partial charge on any atom is -0.139 e. The van der Waals surface area contributed by atoms with E-state index in [1.54, 1.807) is 0 Å². The lowest BCUT2D eigenvalue weighted by molar-refractivity contribution is 1.08. The lowest BCUT2D eigenvalue weighted by atomic mass is 9.95. The third-order valence-corrected chi connectivity index (χ3v) is 5.29. The molecule has 0 fully saturated rings. The fourth-order valence-corrected chi connectivity index (χ4v) is 4.23. The third kappa shape index (κ3) is 2.66. The van der Waals surface area contributed by atoms with Crippen molar-refractivity contribution < 1.29 is 0 Å². The molecule has 1 heterocycles. The minimum atomic E-state index is 1.09. The van der Waals surface area contributed by atoms with Crippen LogP contribution in [-0.2, 0) is 12.8 Å². The predicted molar refractivity (Wildman–Crippen MR) is 93.9 cm³/mol. The van der Waals surface area contributed by atoms with Crippen LogP contribution in [0.25, 0.3) is 21.6 Å². The van der Waals surface area contributed by atoms with E-state index in [1.807, 2.05) is 11.3 Å². The summed E-state index contributed by atoms with van der Waals surface area (Å²) in [5.74, 6) is 0. The Morgan fingerprint density at radius 3 is 1.81 bits per heavy atom. The van der Waals surface area contributed by atoms with Crippen LogP contribution in [-0.4, -0.2) is 0 Å². The minimum absolute atomic E-state index is 1.09. The van der Waals surface area contributed by atoms with Gasteiger partial charge in [-0.05, 0) is 29.5 Å². The fourth-order valence-electron chi connectivity index (χ4n) is 2.87. The monoisotopic (exact) mass is 292 g/mol. The molecule has 0 atom stereocenters. The molecule has 0 amide bonds. The third-order valence-electron chi connectivity index (χ3n) is 3.86. The van der Waals surface area contributed by atoms with Crippen molar-refractivity contribution in [1.29, 1.82) is 0 Å². The van der Waals surface area contributed by atoms with Crippen LogP contribution in [0, 0.1) is 0 Å². The van der Waals surface area contributed by atoms with Crippen molar-refractivity contribution in [3.05, 3.63) is 71.1 Å². The molecule has 0 aliphatic rings. The molecule has 0 spiro atoms. The van der Waals surface area contributed by atoms with Crippen molar-refractivity contribution in [2.75, 3.05) is 0 Å². The molecule has 0 nitrogen and oxygen atoms in total. The Morgan fingerprint density at radius 2 is 1.29 bits per heavy atom. The second-order valence-corrected chi connectivity index (χ2v) is 6.25. The maximum Gasteiger partial charge on any atom is 0.0426 e. The van der Waals surface area contributed by atoms with Crippen LogP contribution >= 0.6 is 11.3 Å². The van der Waals surface area contributed by atoms with Crippen LogP contribution in [0.5, 0.6) is 0 Å². The summed E-state index contributed by atoms with van der Waals surface area (Å²) in [5.41, 5.74) is 5.62. The molecule has 3 aromatic rings. The summed E-state index contributed by atoms with van der Waals surface area (Å²) in [6.07, 6.45) is 2.21. The zero-order valence-electron chi connectivity index (χ0n) is 12.6. The summed E-state index contributed by atoms with van der Waals surface area (Å²) in [6, 6.07) is 21.6. The molecule has 106 valence electrons. The van der Waals surface area contributed by atoms with Crippen molar-refractivity contribution >= 4 is 11.3 Å². The number of aryl methyl sites for hydroxylation is 1. The summed E-state index contributed by atoms with van der Waals surface area (Å²) in [4.78, 5) is 2.94. The van der Waals surface area contributed by atoms with Gasteiger partial charge in [-0.25, -0.2) is 0 Å². The van der Waals surface area contributed by atoms with E-state index in [-0.39, 0.29) is 0 Å². The van der Waals surface area contributed by atoms with E-state index in [9.17, 15) is 0 Å². The van der Waals surface area contributed by atoms with Crippen molar-refractivity contribution in [2.24, 2.45) is 0 Å². The van der Waals surface area contributed by atoms with Gasteiger partial charge in [0.1, 0.15) is 0 Å². The molecule has 0 radical (unpaired) electrons. The molecular formula is C20H20S. The Balaban J connectivity index is 2.27. The van der Waals surface area contributed by atoms with Crippen LogP contribution in [0.2, 0.25) is 0 Å². The molecule has 1 aromatic heterocycles. The summed E-state index contributed by atoms with van der Waals surface area (Å²) >= 11 is 1.96. The van der Waals surface area contributed by atoms with Gasteiger partial charge in [-0.3, -0.25) is 0 Å². The van der Waals surface area contributed by atoms with Crippen LogP contribution < -0.4 is 0 Å². The Bertz CT molecular complexity index is 708. The SMILES string of the molecule is CCc1sc(-c2ccccc2)c(-c2ccccc2)c1CC. The molecule has 2 aromatic carbocycles. The molecule has 21 heavy (non-hydrogen) atoms. The van der Waals surface area contributed by atoms with Gasteiger partial charge in [0.2, 0.25) is 0 Å². The first-order valence-corrected chi connectivity index (χ1v) is 8.42. The predicted octanol–water partition coefficient (Wildman–Crippen LogP) is 6.21. The topological polar surface area (TPSA) is 0 Å². The summed E-state index contributed by atoms with van der Waals surface area (Å²) in [7, 11) is 0. The van der Waals surface area contributed by atoms with E-state index in [4.69, 9.17) is 0 Å². The molecule has 0 saturated carbocycles. The van der Waals surface area contributed by atoms with Gasteiger partial charge in [0.25, 0.3) is 0 Å². The lowest BCUT2D eigenvalue weighted by Crippen LogP contribution is -1.88. The first-order valence-electron chi connectivity index (χ1n) is 7.60. The molecule has 3 rings (SSSR count). The van der Waals surface area contributed by atoms with Crippen molar-refractivity contribution in [2.45, 2.75) is 26.7 Å². The molecule has 0 bridgehead atoms. The number of benzene rings is 2. The molecule has 0 saturated heterocycles. The van der Waals surface area contributed by atoms with Gasteiger partial charge in [0.15, 0.2) is 0 Å². The summed E-state index contributed by atoms with van der Waals surface area (Å²) in [5, 5.41) is 0. The highest BCUT2D eigenvalue weighted by Gasteiger charge is 2.18.